The molecule has 0 saturated heterocycles. The molecule has 104 heavy (non-hydrogen) atoms. The van der Waals surface area contributed by atoms with Crippen molar-refractivity contribution in [2.45, 2.75) is 356 Å². The second-order valence-electron chi connectivity index (χ2n) is 30.4. The Morgan fingerprint density at radius 1 is 0.337 bits per heavy atom. The predicted octanol–water partition coefficient (Wildman–Crippen LogP) is 9.13. The Morgan fingerprint density at radius 2 is 0.615 bits per heavy atom. The summed E-state index contributed by atoms with van der Waals surface area (Å²) >= 11 is 0. The number of rotatable bonds is 75. The van der Waals surface area contributed by atoms with E-state index in [9.17, 15) is 59.8 Å². The third-order valence-electron chi connectivity index (χ3n) is 20.6. The van der Waals surface area contributed by atoms with E-state index in [1.165, 1.54) is 128 Å². The maximum Gasteiger partial charge on any atom is 0.376 e. The Morgan fingerprint density at radius 3 is 0.923 bits per heavy atom. The van der Waals surface area contributed by atoms with Gasteiger partial charge in [0, 0.05) is 39.1 Å². The molecule has 0 rings (SSSR count). The molecular formula is C75H165B6N9O14. The predicted molar refractivity (Wildman–Crippen MR) is 440 cm³/mol. The number of aliphatic hydroxyl groups is 4. The van der Waals surface area contributed by atoms with Crippen molar-refractivity contribution in [3.05, 3.63) is 0 Å². The standard InChI is InChI=1S/C46H105B6N7O7.C29H58N2O6.H2O/c1-10-11-12-13-14-15-16-17-18-19-20-24-33-46(60)53-34-25-22-21-23-32-45(43-58(51(6)65)39-28-26-37-56(49(4)63)41-30-35-54(8)47(2)61)44-59(52(7)66)40-29-27-38-57(50(5)64)42-31-36-55(9)48(3)62;1-2-3-4-5-6-9-12-15-18-22-30-26(34)20-17-14-11-8-7-10-13-16-19-23-31-29(37)28(36)27(35)25(33)21-24-32;/h45,61-66H,10-44H2,1-9H3,(H,53,60);25,27-28,32-33,35-36H,2-24H2,1H3,(H,30,34)(H,31,37);1H2/t;25-,27+,28-;/m.1./s1. The zero-order chi connectivity index (χ0) is 77.1. The summed E-state index contributed by atoms with van der Waals surface area (Å²) in [6.45, 7) is 24.4. The molecule has 0 aliphatic carbocycles. The van der Waals surface area contributed by atoms with Gasteiger partial charge in [0.05, 0.1) is 6.10 Å². The van der Waals surface area contributed by atoms with Gasteiger partial charge in [0.15, 0.2) is 6.10 Å². The van der Waals surface area contributed by atoms with Gasteiger partial charge in [-0.15, -0.1) is 0 Å². The summed E-state index contributed by atoms with van der Waals surface area (Å²) in [5.41, 5.74) is 0. The molecule has 0 aromatic heterocycles. The first-order valence-corrected chi connectivity index (χ1v) is 42.3. The molecule has 612 valence electrons. The molecule has 23 nitrogen and oxygen atoms in total. The normalized spacial score (nSPS) is 12.5. The lowest BCUT2D eigenvalue weighted by Crippen LogP contribution is -2.47. The van der Waals surface area contributed by atoms with Crippen molar-refractivity contribution in [2.75, 3.05) is 106 Å². The van der Waals surface area contributed by atoms with Crippen LogP contribution in [0, 0.1) is 5.92 Å². The van der Waals surface area contributed by atoms with Crippen molar-refractivity contribution in [1.82, 2.24) is 44.8 Å². The van der Waals surface area contributed by atoms with Crippen LogP contribution < -0.4 is 16.0 Å². The van der Waals surface area contributed by atoms with Gasteiger partial charge in [-0.25, -0.2) is 0 Å². The molecule has 0 aromatic carbocycles. The lowest BCUT2D eigenvalue weighted by atomic mass is 9.80. The number of nitrogens with one attached hydrogen (secondary N) is 3. The number of hydrogen-bond acceptors (Lipinski definition) is 19. The Bertz CT molecular complexity index is 1830. The van der Waals surface area contributed by atoms with Gasteiger partial charge in [-0.05, 0) is 210 Å². The average Bonchev–Trinajstić information content (AvgIpc) is 0.956. The maximum atomic E-state index is 12.5. The summed E-state index contributed by atoms with van der Waals surface area (Å²) in [5, 5.41) is 109. The monoisotopic (exact) mass is 1480 g/mol. The lowest BCUT2D eigenvalue weighted by molar-refractivity contribution is -0.141. The van der Waals surface area contributed by atoms with Gasteiger partial charge in [0.25, 0.3) is 5.91 Å². The van der Waals surface area contributed by atoms with E-state index in [4.69, 9.17) is 5.11 Å². The zero-order valence-corrected chi connectivity index (χ0v) is 68.7. The fourth-order valence-electron chi connectivity index (χ4n) is 13.2. The molecule has 0 saturated carbocycles. The van der Waals surface area contributed by atoms with Crippen LogP contribution in [-0.4, -0.2) is 269 Å². The Labute approximate surface area is 639 Å². The summed E-state index contributed by atoms with van der Waals surface area (Å²) in [6.07, 6.45) is 43.6. The van der Waals surface area contributed by atoms with E-state index in [1.807, 2.05) is 37.4 Å². The van der Waals surface area contributed by atoms with Crippen molar-refractivity contribution in [2.24, 2.45) is 5.92 Å². The number of unbranched alkanes of at least 4 members (excludes halogenated alkanes) is 32. The number of aliphatic hydroxyl groups excluding tert-OH is 4. The highest BCUT2D eigenvalue weighted by Gasteiger charge is 2.30. The van der Waals surface area contributed by atoms with Crippen molar-refractivity contribution in [3.8, 4) is 0 Å². The summed E-state index contributed by atoms with van der Waals surface area (Å²) in [6, 6.07) is 0. The number of nitrogens with zero attached hydrogens (tertiary/aromatic N) is 6. The van der Waals surface area contributed by atoms with E-state index >= 15 is 0 Å². The highest BCUT2D eigenvalue weighted by atomic mass is 16.4. The molecule has 0 fully saturated rings. The lowest BCUT2D eigenvalue weighted by Gasteiger charge is -2.33. The quantitative estimate of drug-likeness (QED) is 0.0199. The van der Waals surface area contributed by atoms with Gasteiger partial charge < -0.3 is 101 Å². The fourth-order valence-corrected chi connectivity index (χ4v) is 13.2. The van der Waals surface area contributed by atoms with Crippen molar-refractivity contribution in [3.63, 3.8) is 0 Å². The van der Waals surface area contributed by atoms with E-state index in [-0.39, 0.29) is 36.2 Å². The number of hydrogen-bond donors (Lipinski definition) is 13. The summed E-state index contributed by atoms with van der Waals surface area (Å²) in [5.74, 6) is -0.0993. The SMILES string of the molecule is CCCCCCCCCCCCCCC(=O)NCCCCCCC(CN(CCCCN(CCCN(C)B(C)O)B(C)O)B(C)O)CN(CCCCN(CCCN(C)B(C)O)B(C)O)B(C)O.CCCCCCCCCCCNC(=O)CCCCCCCCCCCNC(=O)[C@H](O)[C@@H](O)[C@H](O)CCO.O. The molecule has 15 N–H and O–H groups in total. The second-order valence-corrected chi connectivity index (χ2v) is 30.4. The third-order valence-corrected chi connectivity index (χ3v) is 20.6. The molecule has 0 spiro atoms. The Kier molecular flexibility index (Phi) is 76.8. The summed E-state index contributed by atoms with van der Waals surface area (Å²) in [7, 11) is 0.479. The first-order chi connectivity index (χ1) is 49.4. The molecule has 0 aliphatic rings. The number of carbonyl (C=O) groups is 3. The largest absolute Gasteiger partial charge is 0.437 e. The minimum Gasteiger partial charge on any atom is -0.437 e. The first-order valence-electron chi connectivity index (χ1n) is 42.3. The first kappa shape index (κ1) is 106. The van der Waals surface area contributed by atoms with Crippen LogP contribution in [0.5, 0.6) is 0 Å². The minimum atomic E-state index is -1.70. The minimum absolute atomic E-state index is 0. The van der Waals surface area contributed by atoms with Gasteiger partial charge in [-0.2, -0.15) is 0 Å². The highest BCUT2D eigenvalue weighted by molar-refractivity contribution is 6.46. The van der Waals surface area contributed by atoms with Crippen LogP contribution >= 0.6 is 0 Å². The van der Waals surface area contributed by atoms with Crippen molar-refractivity contribution < 1.29 is 70.4 Å². The van der Waals surface area contributed by atoms with E-state index in [0.717, 1.165) is 213 Å². The van der Waals surface area contributed by atoms with Crippen LogP contribution in [0.15, 0.2) is 0 Å². The third kappa shape index (κ3) is 66.0. The van der Waals surface area contributed by atoms with Gasteiger partial charge in [0.1, 0.15) is 6.10 Å². The van der Waals surface area contributed by atoms with Gasteiger partial charge in [-0.1, -0.05) is 200 Å². The van der Waals surface area contributed by atoms with E-state index in [0.29, 0.717) is 19.4 Å². The van der Waals surface area contributed by atoms with Crippen LogP contribution in [0.3, 0.4) is 0 Å². The Hall–Kier alpha value is -1.88. The molecule has 3 atom stereocenters. The molecular weight excluding hydrogens is 1320 g/mol. The fraction of sp³-hybridized carbons (Fsp3) is 0.960. The summed E-state index contributed by atoms with van der Waals surface area (Å²) in [4.78, 5) is 48.5. The van der Waals surface area contributed by atoms with E-state index < -0.39 is 66.5 Å². The molecule has 0 radical (unpaired) electrons. The van der Waals surface area contributed by atoms with Gasteiger partial charge in [-0.3, -0.25) is 14.4 Å². The summed E-state index contributed by atoms with van der Waals surface area (Å²) < 4.78 is 0. The molecule has 0 heterocycles. The van der Waals surface area contributed by atoms with Crippen LogP contribution in [-0.2, 0) is 14.4 Å². The number of amides is 3. The molecule has 0 unspecified atom stereocenters. The smallest absolute Gasteiger partial charge is 0.376 e. The molecule has 3 amide bonds. The van der Waals surface area contributed by atoms with Crippen LogP contribution in [0.4, 0.5) is 0 Å². The molecule has 0 aliphatic heterocycles. The van der Waals surface area contributed by atoms with Crippen LogP contribution in [0.1, 0.15) is 296 Å². The topological polar surface area (TPSA) is 341 Å². The maximum absolute atomic E-state index is 12.5. The van der Waals surface area contributed by atoms with Gasteiger partial charge in [0.2, 0.25) is 11.8 Å². The molecule has 29 heteroatoms. The van der Waals surface area contributed by atoms with E-state index in [2.05, 4.69) is 49.0 Å². The second kappa shape index (κ2) is 75.2. The molecule has 0 bridgehead atoms. The van der Waals surface area contributed by atoms with Crippen LogP contribution in [0.2, 0.25) is 40.9 Å². The molecule has 0 aromatic rings. The number of carbonyl (C=O) groups excluding carboxylic acids is 3. The van der Waals surface area contributed by atoms with Gasteiger partial charge >= 0.3 is 42.3 Å². The Balaban J connectivity index is -0.00000227. The van der Waals surface area contributed by atoms with Crippen molar-refractivity contribution in [1.29, 1.82) is 0 Å². The van der Waals surface area contributed by atoms with Crippen LogP contribution in [0.25, 0.3) is 0 Å². The highest BCUT2D eigenvalue weighted by Crippen LogP contribution is 2.20. The zero-order valence-electron chi connectivity index (χ0n) is 68.7. The van der Waals surface area contributed by atoms with E-state index in [1.54, 1.807) is 27.3 Å². The van der Waals surface area contributed by atoms with Crippen molar-refractivity contribution >= 4 is 60.0 Å². The average molecular weight is 1480 g/mol.